The predicted octanol–water partition coefficient (Wildman–Crippen LogP) is 1.98. The van der Waals surface area contributed by atoms with Crippen molar-refractivity contribution in [2.45, 2.75) is 25.4 Å². The zero-order chi connectivity index (χ0) is 20.3. The predicted molar refractivity (Wildman–Crippen MR) is 99.2 cm³/mol. The molecule has 1 saturated heterocycles. The molecule has 1 aliphatic heterocycles. The molecule has 2 aromatic carbocycles. The summed E-state index contributed by atoms with van der Waals surface area (Å²) in [7, 11) is 0. The summed E-state index contributed by atoms with van der Waals surface area (Å²) in [5, 5.41) is 29.9. The van der Waals surface area contributed by atoms with E-state index in [4.69, 9.17) is 0 Å². The van der Waals surface area contributed by atoms with Crippen LogP contribution in [0.3, 0.4) is 0 Å². The Labute approximate surface area is 161 Å². The molecule has 2 atom stereocenters. The van der Waals surface area contributed by atoms with Crippen LogP contribution in [0.15, 0.2) is 48.5 Å². The highest BCUT2D eigenvalue weighted by molar-refractivity contribution is 5.82. The number of hydrogen-bond acceptors (Lipinski definition) is 4. The van der Waals surface area contributed by atoms with Gasteiger partial charge in [0.25, 0.3) is 0 Å². The molecule has 148 valence electrons. The summed E-state index contributed by atoms with van der Waals surface area (Å²) in [5.41, 5.74) is -0.370. The number of carbonyl (C=O) groups excluding carboxylic acids is 1. The number of aliphatic hydroxyl groups excluding tert-OH is 1. The number of nitrogens with zero attached hydrogens (tertiary/aromatic N) is 1. The van der Waals surface area contributed by atoms with Crippen LogP contribution >= 0.6 is 0 Å². The van der Waals surface area contributed by atoms with Crippen LogP contribution < -0.4 is 0 Å². The average Bonchev–Trinajstić information content (AvgIpc) is 2.65. The Bertz CT molecular complexity index is 869. The molecule has 0 bridgehead atoms. The van der Waals surface area contributed by atoms with Gasteiger partial charge in [-0.25, -0.2) is 4.39 Å². The number of likely N-dealkylation sites (tertiary alicyclic amines) is 1. The summed E-state index contributed by atoms with van der Waals surface area (Å²) in [6.07, 6.45) is -0.977. The molecular weight excluding hydrogens is 365 g/mol. The number of hydrogen-bond donors (Lipinski definition) is 3. The molecule has 1 amide bonds. The highest BCUT2D eigenvalue weighted by Gasteiger charge is 2.50. The number of carboxylic acid groups (broad SMARTS) is 1. The number of amides is 1. The van der Waals surface area contributed by atoms with Gasteiger partial charge >= 0.3 is 5.97 Å². The molecule has 0 spiro atoms. The van der Waals surface area contributed by atoms with E-state index < -0.39 is 23.3 Å². The Morgan fingerprint density at radius 2 is 1.86 bits per heavy atom. The molecule has 2 aromatic rings. The highest BCUT2D eigenvalue weighted by atomic mass is 19.1. The lowest BCUT2D eigenvalue weighted by Gasteiger charge is -2.43. The van der Waals surface area contributed by atoms with Gasteiger partial charge in [0.05, 0.1) is 12.5 Å². The van der Waals surface area contributed by atoms with Crippen molar-refractivity contribution in [3.8, 4) is 5.75 Å². The van der Waals surface area contributed by atoms with Gasteiger partial charge in [-0.15, -0.1) is 0 Å². The molecule has 3 rings (SSSR count). The van der Waals surface area contributed by atoms with E-state index in [1.807, 2.05) is 0 Å². The second-order valence-electron chi connectivity index (χ2n) is 7.23. The van der Waals surface area contributed by atoms with Crippen molar-refractivity contribution in [2.24, 2.45) is 5.41 Å². The molecule has 0 unspecified atom stereocenters. The van der Waals surface area contributed by atoms with Crippen LogP contribution in [0.2, 0.25) is 0 Å². The van der Waals surface area contributed by atoms with Crippen molar-refractivity contribution in [3.05, 3.63) is 65.5 Å². The number of piperidine rings is 1. The molecule has 1 fully saturated rings. The van der Waals surface area contributed by atoms with Crippen LogP contribution in [0.5, 0.6) is 5.75 Å². The number of aliphatic hydroxyl groups is 1. The minimum Gasteiger partial charge on any atom is -0.508 e. The Morgan fingerprint density at radius 3 is 2.50 bits per heavy atom. The molecule has 0 aromatic heterocycles. The number of aliphatic carboxylic acids is 1. The number of aromatic hydroxyl groups is 1. The Balaban J connectivity index is 1.81. The summed E-state index contributed by atoms with van der Waals surface area (Å²) in [5.74, 6) is -1.85. The van der Waals surface area contributed by atoms with Crippen LogP contribution in [-0.2, 0) is 22.4 Å². The minimum absolute atomic E-state index is 0.0142. The van der Waals surface area contributed by atoms with Crippen molar-refractivity contribution >= 4 is 11.9 Å². The van der Waals surface area contributed by atoms with E-state index in [0.717, 1.165) is 0 Å². The van der Waals surface area contributed by atoms with E-state index in [1.165, 1.54) is 41.3 Å². The van der Waals surface area contributed by atoms with Crippen LogP contribution in [0.25, 0.3) is 0 Å². The summed E-state index contributed by atoms with van der Waals surface area (Å²) >= 11 is 0. The average molecular weight is 387 g/mol. The molecule has 1 aliphatic rings. The first-order valence-electron chi connectivity index (χ1n) is 9.02. The van der Waals surface area contributed by atoms with Crippen LogP contribution in [0.1, 0.15) is 17.5 Å². The first-order valence-corrected chi connectivity index (χ1v) is 9.02. The van der Waals surface area contributed by atoms with Crippen molar-refractivity contribution in [3.63, 3.8) is 0 Å². The normalized spacial score (nSPS) is 22.1. The number of carboxylic acids is 1. The monoisotopic (exact) mass is 387 g/mol. The maximum atomic E-state index is 13.2. The number of halogens is 1. The quantitative estimate of drug-likeness (QED) is 0.729. The van der Waals surface area contributed by atoms with Gasteiger partial charge in [-0.2, -0.15) is 0 Å². The fourth-order valence-corrected chi connectivity index (χ4v) is 3.67. The van der Waals surface area contributed by atoms with Gasteiger partial charge in [-0.05, 0) is 48.2 Å². The fraction of sp³-hybridized carbons (Fsp3) is 0.333. The van der Waals surface area contributed by atoms with Gasteiger partial charge in [0.15, 0.2) is 0 Å². The third kappa shape index (κ3) is 4.14. The molecule has 0 saturated carbocycles. The number of rotatable bonds is 5. The first kappa shape index (κ1) is 19.8. The van der Waals surface area contributed by atoms with E-state index in [9.17, 15) is 29.3 Å². The summed E-state index contributed by atoms with van der Waals surface area (Å²) in [4.78, 5) is 26.3. The van der Waals surface area contributed by atoms with E-state index >= 15 is 0 Å². The lowest BCUT2D eigenvalue weighted by atomic mass is 9.72. The van der Waals surface area contributed by atoms with Crippen molar-refractivity contribution in [1.82, 2.24) is 4.90 Å². The van der Waals surface area contributed by atoms with Gasteiger partial charge in [-0.1, -0.05) is 24.3 Å². The number of phenols is 1. The second kappa shape index (κ2) is 7.98. The lowest BCUT2D eigenvalue weighted by molar-refractivity contribution is -0.165. The van der Waals surface area contributed by atoms with E-state index in [-0.39, 0.29) is 44.0 Å². The Morgan fingerprint density at radius 1 is 1.14 bits per heavy atom. The molecule has 0 radical (unpaired) electrons. The molecule has 6 nitrogen and oxygen atoms in total. The fourth-order valence-electron chi connectivity index (χ4n) is 3.67. The molecule has 7 heteroatoms. The van der Waals surface area contributed by atoms with Crippen molar-refractivity contribution in [2.75, 3.05) is 13.1 Å². The van der Waals surface area contributed by atoms with E-state index in [2.05, 4.69) is 0 Å². The Kier molecular flexibility index (Phi) is 5.65. The van der Waals surface area contributed by atoms with Gasteiger partial charge in [0.2, 0.25) is 5.91 Å². The zero-order valence-corrected chi connectivity index (χ0v) is 15.2. The smallest absolute Gasteiger partial charge is 0.314 e. The van der Waals surface area contributed by atoms with Crippen molar-refractivity contribution < 1.29 is 29.3 Å². The Hall–Kier alpha value is -2.93. The summed E-state index contributed by atoms with van der Waals surface area (Å²) < 4.78 is 13.2. The van der Waals surface area contributed by atoms with Crippen LogP contribution in [0, 0.1) is 11.2 Å². The van der Waals surface area contributed by atoms with Gasteiger partial charge in [-0.3, -0.25) is 9.59 Å². The zero-order valence-electron chi connectivity index (χ0n) is 15.2. The molecular formula is C21H22FNO5. The van der Waals surface area contributed by atoms with Gasteiger partial charge < -0.3 is 20.2 Å². The number of benzene rings is 2. The standard InChI is InChI=1S/C21H22FNO5/c22-16-6-4-14(5-7-16)12-21(20(27)28)13-23(9-8-18(21)25)19(26)11-15-2-1-3-17(24)10-15/h1-7,10,18,24-25H,8-9,11-13H2,(H,27,28)/t18-,21-/m1/s1. The second-order valence-corrected chi connectivity index (χ2v) is 7.23. The molecule has 28 heavy (non-hydrogen) atoms. The third-order valence-electron chi connectivity index (χ3n) is 5.26. The lowest BCUT2D eigenvalue weighted by Crippen LogP contribution is -2.58. The minimum atomic E-state index is -1.56. The maximum absolute atomic E-state index is 13.2. The first-order chi connectivity index (χ1) is 13.3. The molecule has 3 N–H and O–H groups in total. The number of phenolic OH excluding ortho intramolecular Hbond substituents is 1. The van der Waals surface area contributed by atoms with Gasteiger partial charge in [0.1, 0.15) is 17.0 Å². The van der Waals surface area contributed by atoms with E-state index in [1.54, 1.807) is 12.1 Å². The number of carbonyl (C=O) groups is 2. The molecule has 0 aliphatic carbocycles. The van der Waals surface area contributed by atoms with Crippen molar-refractivity contribution in [1.29, 1.82) is 0 Å². The third-order valence-corrected chi connectivity index (χ3v) is 5.26. The van der Waals surface area contributed by atoms with Gasteiger partial charge in [0, 0.05) is 13.1 Å². The summed E-state index contributed by atoms with van der Waals surface area (Å²) in [6, 6.07) is 11.8. The maximum Gasteiger partial charge on any atom is 0.314 e. The van der Waals surface area contributed by atoms with Crippen LogP contribution in [0.4, 0.5) is 4.39 Å². The topological polar surface area (TPSA) is 98.1 Å². The van der Waals surface area contributed by atoms with Crippen LogP contribution in [-0.4, -0.2) is 51.3 Å². The largest absolute Gasteiger partial charge is 0.508 e. The summed E-state index contributed by atoms with van der Waals surface area (Å²) in [6.45, 7) is 0.107. The molecule has 1 heterocycles. The highest BCUT2D eigenvalue weighted by Crippen LogP contribution is 2.35. The van der Waals surface area contributed by atoms with E-state index in [0.29, 0.717) is 11.1 Å². The SMILES string of the molecule is O=C(Cc1cccc(O)c1)N1CC[C@@H](O)[C@](Cc2ccc(F)cc2)(C(=O)O)C1.